The number of sulfonamides is 1. The molecule has 0 saturated carbocycles. The number of hydrogen-bond donors (Lipinski definition) is 0. The fraction of sp³-hybridized carbons (Fsp3) is 0.105. The van der Waals surface area contributed by atoms with Crippen LogP contribution in [0.5, 0.6) is 0 Å². The van der Waals surface area contributed by atoms with E-state index >= 15 is 0 Å². The zero-order chi connectivity index (χ0) is 17.7. The molecule has 1 heterocycles. The van der Waals surface area contributed by atoms with Crippen molar-refractivity contribution in [3.63, 3.8) is 0 Å². The van der Waals surface area contributed by atoms with Gasteiger partial charge < -0.3 is 0 Å². The van der Waals surface area contributed by atoms with Gasteiger partial charge in [-0.15, -0.1) is 6.58 Å². The minimum atomic E-state index is -3.53. The standard InChI is InChI=1S/C19H19N3O2S/c1-2-13-25(23,24)22(15-17-9-5-3-6-10-17)19-14-20-21(16-19)18-11-7-4-8-12-18/h2-12,14,16H,1,13,15H2. The molecule has 6 heteroatoms. The van der Waals surface area contributed by atoms with Crippen LogP contribution < -0.4 is 4.31 Å². The molecule has 0 saturated heterocycles. The Morgan fingerprint density at radius 3 is 2.32 bits per heavy atom. The van der Waals surface area contributed by atoms with Gasteiger partial charge in [-0.3, -0.25) is 4.31 Å². The van der Waals surface area contributed by atoms with Crippen LogP contribution in [0.4, 0.5) is 5.69 Å². The minimum absolute atomic E-state index is 0.129. The first-order valence-corrected chi connectivity index (χ1v) is 9.46. The first kappa shape index (κ1) is 17.0. The highest BCUT2D eigenvalue weighted by Crippen LogP contribution is 2.22. The molecule has 0 aliphatic carbocycles. The highest BCUT2D eigenvalue weighted by atomic mass is 32.2. The average molecular weight is 353 g/mol. The van der Waals surface area contributed by atoms with Gasteiger partial charge in [0.05, 0.1) is 36.1 Å². The van der Waals surface area contributed by atoms with Crippen LogP contribution in [0.2, 0.25) is 0 Å². The van der Waals surface area contributed by atoms with E-state index < -0.39 is 10.0 Å². The average Bonchev–Trinajstić information content (AvgIpc) is 3.11. The molecular formula is C19H19N3O2S. The maximum Gasteiger partial charge on any atom is 0.239 e. The van der Waals surface area contributed by atoms with Gasteiger partial charge in [-0.2, -0.15) is 5.10 Å². The highest BCUT2D eigenvalue weighted by Gasteiger charge is 2.23. The molecule has 2 aromatic carbocycles. The maximum atomic E-state index is 12.7. The summed E-state index contributed by atoms with van der Waals surface area (Å²) in [6.07, 6.45) is 4.68. The lowest BCUT2D eigenvalue weighted by Crippen LogP contribution is -2.31. The molecule has 0 unspecified atom stereocenters. The molecule has 25 heavy (non-hydrogen) atoms. The van der Waals surface area contributed by atoms with Gasteiger partial charge >= 0.3 is 0 Å². The first-order chi connectivity index (χ1) is 12.1. The zero-order valence-corrected chi connectivity index (χ0v) is 14.5. The Morgan fingerprint density at radius 1 is 1.04 bits per heavy atom. The van der Waals surface area contributed by atoms with Crippen LogP contribution in [0, 0.1) is 0 Å². The molecule has 0 bridgehead atoms. The van der Waals surface area contributed by atoms with Crippen molar-refractivity contribution in [3.8, 4) is 5.69 Å². The Bertz CT molecular complexity index is 935. The molecule has 3 aromatic rings. The van der Waals surface area contributed by atoms with Crippen LogP contribution in [-0.2, 0) is 16.6 Å². The number of rotatable bonds is 7. The summed E-state index contributed by atoms with van der Waals surface area (Å²) < 4.78 is 28.4. The van der Waals surface area contributed by atoms with Crippen molar-refractivity contribution >= 4 is 15.7 Å². The molecule has 3 rings (SSSR count). The van der Waals surface area contributed by atoms with Crippen molar-refractivity contribution in [1.82, 2.24) is 9.78 Å². The molecular weight excluding hydrogens is 334 g/mol. The molecule has 5 nitrogen and oxygen atoms in total. The summed E-state index contributed by atoms with van der Waals surface area (Å²) in [4.78, 5) is 0. The number of para-hydroxylation sites is 1. The topological polar surface area (TPSA) is 55.2 Å². The van der Waals surface area contributed by atoms with Crippen molar-refractivity contribution in [2.45, 2.75) is 6.54 Å². The molecule has 0 N–H and O–H groups in total. The molecule has 0 fully saturated rings. The summed E-state index contributed by atoms with van der Waals surface area (Å²) >= 11 is 0. The van der Waals surface area contributed by atoms with E-state index in [-0.39, 0.29) is 12.3 Å². The van der Waals surface area contributed by atoms with Gasteiger partial charge in [0.15, 0.2) is 0 Å². The maximum absolute atomic E-state index is 12.7. The van der Waals surface area contributed by atoms with Crippen molar-refractivity contribution < 1.29 is 8.42 Å². The Hall–Kier alpha value is -2.86. The van der Waals surface area contributed by atoms with Crippen molar-refractivity contribution in [1.29, 1.82) is 0 Å². The third-order valence-electron chi connectivity index (χ3n) is 3.71. The number of nitrogens with zero attached hydrogens (tertiary/aromatic N) is 3. The predicted octanol–water partition coefficient (Wildman–Crippen LogP) is 3.39. The molecule has 0 atom stereocenters. The van der Waals surface area contributed by atoms with Gasteiger partial charge in [0.1, 0.15) is 0 Å². The molecule has 0 aliphatic rings. The monoisotopic (exact) mass is 353 g/mol. The fourth-order valence-electron chi connectivity index (χ4n) is 2.50. The second-order valence-corrected chi connectivity index (χ2v) is 7.48. The Kier molecular flexibility index (Phi) is 5.00. The Morgan fingerprint density at radius 2 is 1.68 bits per heavy atom. The summed E-state index contributed by atoms with van der Waals surface area (Å²) in [7, 11) is -3.53. The highest BCUT2D eigenvalue weighted by molar-refractivity contribution is 7.92. The van der Waals surface area contributed by atoms with Crippen molar-refractivity contribution in [3.05, 3.63) is 91.3 Å². The second kappa shape index (κ2) is 7.36. The fourth-order valence-corrected chi connectivity index (χ4v) is 3.74. The van der Waals surface area contributed by atoms with Crippen LogP contribution in [0.3, 0.4) is 0 Å². The van der Waals surface area contributed by atoms with Crippen LogP contribution in [0.15, 0.2) is 85.7 Å². The normalized spacial score (nSPS) is 11.2. The lowest BCUT2D eigenvalue weighted by Gasteiger charge is -2.22. The predicted molar refractivity (Wildman–Crippen MR) is 100 cm³/mol. The third-order valence-corrected chi connectivity index (χ3v) is 5.38. The van der Waals surface area contributed by atoms with E-state index in [9.17, 15) is 8.42 Å². The van der Waals surface area contributed by atoms with E-state index in [0.29, 0.717) is 5.69 Å². The van der Waals surface area contributed by atoms with E-state index in [4.69, 9.17) is 0 Å². The Balaban J connectivity index is 1.97. The van der Waals surface area contributed by atoms with Crippen LogP contribution in [0.25, 0.3) is 5.69 Å². The summed E-state index contributed by atoms with van der Waals surface area (Å²) in [5, 5.41) is 4.31. The smallest absolute Gasteiger partial charge is 0.239 e. The molecule has 0 radical (unpaired) electrons. The number of benzene rings is 2. The van der Waals surface area contributed by atoms with E-state index in [2.05, 4.69) is 11.7 Å². The van der Waals surface area contributed by atoms with Crippen LogP contribution >= 0.6 is 0 Å². The first-order valence-electron chi connectivity index (χ1n) is 7.85. The summed E-state index contributed by atoms with van der Waals surface area (Å²) in [5.74, 6) is -0.129. The lowest BCUT2D eigenvalue weighted by molar-refractivity contribution is 0.593. The van der Waals surface area contributed by atoms with E-state index in [1.807, 2.05) is 60.7 Å². The van der Waals surface area contributed by atoms with Gasteiger partial charge in [-0.05, 0) is 17.7 Å². The van der Waals surface area contributed by atoms with E-state index in [0.717, 1.165) is 11.3 Å². The van der Waals surface area contributed by atoms with Crippen molar-refractivity contribution in [2.24, 2.45) is 0 Å². The van der Waals surface area contributed by atoms with Gasteiger partial charge in [0.2, 0.25) is 10.0 Å². The zero-order valence-electron chi connectivity index (χ0n) is 13.7. The summed E-state index contributed by atoms with van der Waals surface area (Å²) in [5.41, 5.74) is 2.30. The molecule has 1 aromatic heterocycles. The Labute approximate surface area is 147 Å². The molecule has 0 amide bonds. The van der Waals surface area contributed by atoms with Gasteiger partial charge in [0.25, 0.3) is 0 Å². The van der Waals surface area contributed by atoms with Crippen LogP contribution in [-0.4, -0.2) is 24.0 Å². The molecule has 0 spiro atoms. The van der Waals surface area contributed by atoms with Crippen molar-refractivity contribution in [2.75, 3.05) is 10.1 Å². The van der Waals surface area contributed by atoms with Crippen LogP contribution in [0.1, 0.15) is 5.56 Å². The number of hydrogen-bond acceptors (Lipinski definition) is 3. The third kappa shape index (κ3) is 3.97. The second-order valence-electron chi connectivity index (χ2n) is 5.54. The quantitative estimate of drug-likeness (QED) is 0.612. The minimum Gasteiger partial charge on any atom is -0.262 e. The molecule has 0 aliphatic heterocycles. The largest absolute Gasteiger partial charge is 0.262 e. The number of anilines is 1. The number of aromatic nitrogens is 2. The molecule has 128 valence electrons. The summed E-state index contributed by atoms with van der Waals surface area (Å²) in [6, 6.07) is 19.1. The van der Waals surface area contributed by atoms with E-state index in [1.165, 1.54) is 10.4 Å². The van der Waals surface area contributed by atoms with E-state index in [1.54, 1.807) is 17.1 Å². The van der Waals surface area contributed by atoms with Gasteiger partial charge in [-0.1, -0.05) is 54.6 Å². The lowest BCUT2D eigenvalue weighted by atomic mass is 10.2. The SMILES string of the molecule is C=CCS(=O)(=O)N(Cc1ccccc1)c1cnn(-c2ccccc2)c1. The van der Waals surface area contributed by atoms with Gasteiger partial charge in [0, 0.05) is 0 Å². The van der Waals surface area contributed by atoms with Gasteiger partial charge in [-0.25, -0.2) is 13.1 Å². The summed E-state index contributed by atoms with van der Waals surface area (Å²) in [6.45, 7) is 3.80.